The fourth-order valence-corrected chi connectivity index (χ4v) is 2.45. The Morgan fingerprint density at radius 2 is 1.96 bits per heavy atom. The molecule has 3 aromatic rings. The van der Waals surface area contributed by atoms with Crippen molar-refractivity contribution in [2.24, 2.45) is 10.2 Å². The maximum atomic E-state index is 12.1. The van der Waals surface area contributed by atoms with E-state index in [-0.39, 0.29) is 5.69 Å². The molecular formula is C16H19N7O5. The lowest BCUT2D eigenvalue weighted by molar-refractivity contribution is -0.113. The fourth-order valence-electron chi connectivity index (χ4n) is 2.45. The molecule has 0 saturated carbocycles. The summed E-state index contributed by atoms with van der Waals surface area (Å²) in [7, 11) is 0. The van der Waals surface area contributed by atoms with Crippen LogP contribution in [0.1, 0.15) is 20.1 Å². The van der Waals surface area contributed by atoms with Crippen LogP contribution in [0.25, 0.3) is 11.0 Å². The molecule has 3 atom stereocenters. The number of azo groups is 1. The summed E-state index contributed by atoms with van der Waals surface area (Å²) in [6.07, 6.45) is -1.53. The number of H-pyrrole nitrogens is 2. The van der Waals surface area contributed by atoms with Gasteiger partial charge in [0.1, 0.15) is 23.4 Å². The van der Waals surface area contributed by atoms with Crippen LogP contribution < -0.4 is 11.2 Å². The van der Waals surface area contributed by atoms with Gasteiger partial charge in [-0.05, 0) is 32.0 Å². The highest BCUT2D eigenvalue weighted by atomic mass is 16.5. The summed E-state index contributed by atoms with van der Waals surface area (Å²) in [5.41, 5.74) is 0.139. The molecule has 0 radical (unpaired) electrons. The largest absolute Gasteiger partial charge is 0.394 e. The number of aromatic nitrogens is 5. The van der Waals surface area contributed by atoms with Crippen LogP contribution in [0.5, 0.6) is 0 Å². The van der Waals surface area contributed by atoms with Crippen LogP contribution in [-0.4, -0.2) is 54.0 Å². The van der Waals surface area contributed by atoms with Gasteiger partial charge in [-0.3, -0.25) is 14.3 Å². The molecule has 0 bridgehead atoms. The molecule has 0 fully saturated rings. The lowest BCUT2D eigenvalue weighted by Crippen LogP contribution is -2.37. The summed E-state index contributed by atoms with van der Waals surface area (Å²) in [5.74, 6) is 0. The maximum Gasteiger partial charge on any atom is 0.330 e. The van der Waals surface area contributed by atoms with Gasteiger partial charge < -0.3 is 14.9 Å². The number of ether oxygens (including phenoxy) is 1. The SMILES string of the molecule is CC(OC(CO)[C@@H](C)O)n1cc(N=Nc2ccc3n[nH]nc3c2)c(=O)[nH]c1=O. The van der Waals surface area contributed by atoms with E-state index in [2.05, 4.69) is 30.6 Å². The first-order valence-corrected chi connectivity index (χ1v) is 8.41. The number of aliphatic hydroxyl groups excluding tert-OH is 2. The van der Waals surface area contributed by atoms with Gasteiger partial charge in [-0.25, -0.2) is 4.79 Å². The Kier molecular flexibility index (Phi) is 5.73. The van der Waals surface area contributed by atoms with Gasteiger partial charge in [-0.1, -0.05) is 0 Å². The monoisotopic (exact) mass is 389 g/mol. The Labute approximate surface area is 157 Å². The second kappa shape index (κ2) is 8.21. The molecule has 148 valence electrons. The average molecular weight is 389 g/mol. The molecule has 12 nitrogen and oxygen atoms in total. The zero-order valence-corrected chi connectivity index (χ0v) is 15.1. The molecule has 0 aliphatic carbocycles. The summed E-state index contributed by atoms with van der Waals surface area (Å²) in [4.78, 5) is 26.2. The summed E-state index contributed by atoms with van der Waals surface area (Å²) in [6, 6.07) is 4.98. The van der Waals surface area contributed by atoms with Gasteiger partial charge in [-0.15, -0.1) is 5.11 Å². The standard InChI is InChI=1S/C16H19N7O5/c1-8(25)14(7-24)28-9(2)23-6-13(15(26)17-16(23)27)19-18-10-3-4-11-12(5-10)21-22-20-11/h3-6,8-9,14,24-25H,7H2,1-2H3,(H,17,26,27)(H,20,21,22)/t8-,9?,14?/m1/s1. The van der Waals surface area contributed by atoms with Gasteiger partial charge in [0.05, 0.1) is 18.4 Å². The quantitative estimate of drug-likeness (QED) is 0.426. The second-order valence-electron chi connectivity index (χ2n) is 6.07. The van der Waals surface area contributed by atoms with Crippen molar-refractivity contribution in [3.8, 4) is 0 Å². The van der Waals surface area contributed by atoms with Crippen LogP contribution in [0.15, 0.2) is 44.2 Å². The van der Waals surface area contributed by atoms with Crippen LogP contribution in [0.2, 0.25) is 0 Å². The first kappa shape index (κ1) is 19.5. The Hall–Kier alpha value is -3.22. The third kappa shape index (κ3) is 4.19. The number of nitrogens with zero attached hydrogens (tertiary/aromatic N) is 5. The van der Waals surface area contributed by atoms with Crippen LogP contribution in [0, 0.1) is 0 Å². The van der Waals surface area contributed by atoms with Gasteiger partial charge in [0.2, 0.25) is 0 Å². The molecule has 0 spiro atoms. The molecule has 12 heteroatoms. The van der Waals surface area contributed by atoms with Gasteiger partial charge in [0, 0.05) is 6.20 Å². The molecule has 0 aliphatic heterocycles. The topological polar surface area (TPSA) is 171 Å². The lowest BCUT2D eigenvalue weighted by atomic mass is 10.2. The number of aliphatic hydroxyl groups is 2. The van der Waals surface area contributed by atoms with Crippen LogP contribution in [0.3, 0.4) is 0 Å². The molecule has 0 amide bonds. The summed E-state index contributed by atoms with van der Waals surface area (Å²) < 4.78 is 6.56. The van der Waals surface area contributed by atoms with E-state index >= 15 is 0 Å². The Balaban J connectivity index is 1.88. The van der Waals surface area contributed by atoms with Gasteiger partial charge in [-0.2, -0.15) is 20.5 Å². The van der Waals surface area contributed by atoms with Crippen molar-refractivity contribution in [1.29, 1.82) is 0 Å². The summed E-state index contributed by atoms with van der Waals surface area (Å²) in [6.45, 7) is 2.55. The van der Waals surface area contributed by atoms with Crippen LogP contribution in [-0.2, 0) is 4.74 Å². The summed E-state index contributed by atoms with van der Waals surface area (Å²) >= 11 is 0. The Morgan fingerprint density at radius 1 is 1.21 bits per heavy atom. The molecule has 0 aliphatic rings. The molecule has 0 saturated heterocycles. The van der Waals surface area contributed by atoms with E-state index in [9.17, 15) is 19.8 Å². The number of hydrogen-bond donors (Lipinski definition) is 4. The van der Waals surface area contributed by atoms with Crippen LogP contribution in [0.4, 0.5) is 11.4 Å². The van der Waals surface area contributed by atoms with E-state index in [1.54, 1.807) is 18.2 Å². The predicted octanol–water partition coefficient (Wildman–Crippen LogP) is 0.500. The molecule has 1 aromatic carbocycles. The molecule has 2 unspecified atom stereocenters. The third-order valence-corrected chi connectivity index (χ3v) is 4.00. The third-order valence-electron chi connectivity index (χ3n) is 4.00. The number of nitrogens with one attached hydrogen (secondary N) is 2. The number of rotatable bonds is 7. The number of fused-ring (bicyclic) bond motifs is 1. The minimum atomic E-state index is -0.948. The number of aromatic amines is 2. The first-order valence-electron chi connectivity index (χ1n) is 8.41. The molecule has 28 heavy (non-hydrogen) atoms. The van der Waals surface area contributed by atoms with Crippen molar-refractivity contribution >= 4 is 22.4 Å². The highest BCUT2D eigenvalue weighted by Gasteiger charge is 2.20. The number of hydrogen-bond acceptors (Lipinski definition) is 9. The van der Waals surface area contributed by atoms with E-state index in [1.165, 1.54) is 20.0 Å². The van der Waals surface area contributed by atoms with E-state index in [4.69, 9.17) is 4.74 Å². The minimum Gasteiger partial charge on any atom is -0.394 e. The van der Waals surface area contributed by atoms with Gasteiger partial charge in [0.15, 0.2) is 5.69 Å². The average Bonchev–Trinajstić information content (AvgIpc) is 3.12. The Bertz CT molecular complexity index is 1100. The van der Waals surface area contributed by atoms with Crippen molar-refractivity contribution < 1.29 is 14.9 Å². The lowest BCUT2D eigenvalue weighted by Gasteiger charge is -2.24. The van der Waals surface area contributed by atoms with E-state index < -0.39 is 36.3 Å². The molecule has 3 rings (SSSR count). The minimum absolute atomic E-state index is 0.118. The molecule has 2 heterocycles. The number of benzene rings is 1. The van der Waals surface area contributed by atoms with Gasteiger partial charge >= 0.3 is 5.69 Å². The van der Waals surface area contributed by atoms with E-state index in [0.717, 1.165) is 4.57 Å². The van der Waals surface area contributed by atoms with Crippen molar-refractivity contribution in [2.75, 3.05) is 6.61 Å². The zero-order chi connectivity index (χ0) is 20.3. The van der Waals surface area contributed by atoms with Crippen molar-refractivity contribution in [2.45, 2.75) is 32.3 Å². The zero-order valence-electron chi connectivity index (χ0n) is 15.1. The van der Waals surface area contributed by atoms with Gasteiger partial charge in [0.25, 0.3) is 5.56 Å². The smallest absolute Gasteiger partial charge is 0.330 e. The molecule has 4 N–H and O–H groups in total. The van der Waals surface area contributed by atoms with Crippen molar-refractivity contribution in [3.05, 3.63) is 45.2 Å². The maximum absolute atomic E-state index is 12.1. The van der Waals surface area contributed by atoms with Crippen molar-refractivity contribution in [1.82, 2.24) is 25.0 Å². The van der Waals surface area contributed by atoms with E-state index in [0.29, 0.717) is 16.7 Å². The second-order valence-corrected chi connectivity index (χ2v) is 6.07. The molecule has 2 aromatic heterocycles. The summed E-state index contributed by atoms with van der Waals surface area (Å²) in [5, 5.41) is 37.1. The fraction of sp³-hybridized carbons (Fsp3) is 0.375. The van der Waals surface area contributed by atoms with E-state index in [1.807, 2.05) is 0 Å². The predicted molar refractivity (Wildman–Crippen MR) is 97.7 cm³/mol. The van der Waals surface area contributed by atoms with Crippen molar-refractivity contribution in [3.63, 3.8) is 0 Å². The highest BCUT2D eigenvalue weighted by molar-refractivity contribution is 5.76. The molecular weight excluding hydrogens is 370 g/mol. The first-order chi connectivity index (χ1) is 13.4. The normalized spacial score (nSPS) is 15.1. The highest BCUT2D eigenvalue weighted by Crippen LogP contribution is 2.20. The Morgan fingerprint density at radius 3 is 2.68 bits per heavy atom. The van der Waals surface area contributed by atoms with Crippen LogP contribution >= 0.6 is 0 Å².